The fraction of sp³-hybridized carbons (Fsp3) is 0.327. The van der Waals surface area contributed by atoms with Gasteiger partial charge in [-0.15, -0.1) is 23.5 Å². The zero-order chi connectivity index (χ0) is 42.4. The molecular formula is C55H65N3OS2. The normalized spacial score (nSPS) is 11.9. The van der Waals surface area contributed by atoms with Gasteiger partial charge in [-0.3, -0.25) is 9.69 Å². The number of hydrogen-bond donors (Lipinski definition) is 1. The highest BCUT2D eigenvalue weighted by atomic mass is 32.2. The van der Waals surface area contributed by atoms with E-state index in [-0.39, 0.29) is 5.91 Å². The Morgan fingerprint density at radius 1 is 0.426 bits per heavy atom. The van der Waals surface area contributed by atoms with Crippen LogP contribution in [-0.2, 0) is 14.3 Å². The first-order chi connectivity index (χ1) is 30.1. The molecule has 0 aromatic heterocycles. The Kier molecular flexibility index (Phi) is 18.6. The third-order valence-electron chi connectivity index (χ3n) is 11.5. The van der Waals surface area contributed by atoms with E-state index in [1.54, 1.807) is 0 Å². The van der Waals surface area contributed by atoms with Crippen molar-refractivity contribution >= 4 is 29.4 Å². The van der Waals surface area contributed by atoms with Crippen molar-refractivity contribution in [2.45, 2.75) is 55.4 Å². The topological polar surface area (TPSA) is 35.6 Å². The summed E-state index contributed by atoms with van der Waals surface area (Å²) in [7, 11) is 0. The molecule has 0 aliphatic rings. The average molecular weight is 848 g/mol. The van der Waals surface area contributed by atoms with Crippen LogP contribution in [0, 0.1) is 0 Å². The molecule has 6 aromatic rings. The molecule has 0 saturated carbocycles. The van der Waals surface area contributed by atoms with Crippen molar-refractivity contribution in [3.8, 4) is 0 Å². The number of thioether (sulfide) groups is 2. The number of rotatable bonds is 26. The van der Waals surface area contributed by atoms with Gasteiger partial charge in [0.2, 0.25) is 5.91 Å². The van der Waals surface area contributed by atoms with Crippen molar-refractivity contribution in [1.82, 2.24) is 15.1 Å². The van der Waals surface area contributed by atoms with Gasteiger partial charge in [-0.2, -0.15) is 0 Å². The lowest BCUT2D eigenvalue weighted by Crippen LogP contribution is -2.41. The van der Waals surface area contributed by atoms with Crippen LogP contribution in [0.25, 0.3) is 0 Å². The second-order valence-electron chi connectivity index (χ2n) is 15.8. The number of carbonyl (C=O) groups is 1. The van der Waals surface area contributed by atoms with Crippen molar-refractivity contribution in [2.24, 2.45) is 0 Å². The molecule has 0 fully saturated rings. The summed E-state index contributed by atoms with van der Waals surface area (Å²) >= 11 is 3.87. The van der Waals surface area contributed by atoms with Gasteiger partial charge < -0.3 is 10.2 Å². The van der Waals surface area contributed by atoms with Gasteiger partial charge in [-0.05, 0) is 78.8 Å². The minimum atomic E-state index is -0.415. The number of nitrogens with one attached hydrogen (secondary N) is 1. The molecule has 0 aliphatic carbocycles. The Bertz CT molecular complexity index is 1890. The SMILES string of the molecule is CCCCN(CCCC)CCCN(CCSC(c1ccccc1)(c1ccccc1)c1ccccc1)CC(=O)NCCSC(c1ccccc1)(c1ccccc1)c1ccccc1. The Labute approximate surface area is 375 Å². The molecule has 6 rings (SSSR count). The van der Waals surface area contributed by atoms with Gasteiger partial charge in [0.15, 0.2) is 0 Å². The average Bonchev–Trinajstić information content (AvgIpc) is 3.33. The minimum absolute atomic E-state index is 0.0876. The summed E-state index contributed by atoms with van der Waals surface area (Å²) < 4.78 is -0.809. The molecule has 1 N–H and O–H groups in total. The zero-order valence-corrected chi connectivity index (χ0v) is 38.0. The lowest BCUT2D eigenvalue weighted by Gasteiger charge is -2.36. The number of benzene rings is 6. The van der Waals surface area contributed by atoms with Crippen LogP contribution in [0.3, 0.4) is 0 Å². The molecule has 0 unspecified atom stereocenters. The molecule has 6 heteroatoms. The van der Waals surface area contributed by atoms with Crippen LogP contribution >= 0.6 is 23.5 Å². The third kappa shape index (κ3) is 12.5. The van der Waals surface area contributed by atoms with Gasteiger partial charge in [0.05, 0.1) is 16.0 Å². The molecule has 318 valence electrons. The van der Waals surface area contributed by atoms with Crippen LogP contribution in [-0.4, -0.2) is 73.0 Å². The van der Waals surface area contributed by atoms with Gasteiger partial charge in [-0.1, -0.05) is 209 Å². The quantitative estimate of drug-likeness (QED) is 0.0435. The molecule has 4 nitrogen and oxygen atoms in total. The first-order valence-corrected chi connectivity index (χ1v) is 24.4. The monoisotopic (exact) mass is 847 g/mol. The number of carbonyl (C=O) groups excluding carboxylic acids is 1. The summed E-state index contributed by atoms with van der Waals surface area (Å²) in [5.41, 5.74) is 7.49. The van der Waals surface area contributed by atoms with E-state index in [9.17, 15) is 4.79 Å². The van der Waals surface area contributed by atoms with Crippen molar-refractivity contribution in [3.05, 3.63) is 215 Å². The van der Waals surface area contributed by atoms with Crippen LogP contribution in [0.2, 0.25) is 0 Å². The van der Waals surface area contributed by atoms with E-state index >= 15 is 0 Å². The number of hydrogen-bond acceptors (Lipinski definition) is 5. The summed E-state index contributed by atoms with van der Waals surface area (Å²) in [5, 5.41) is 3.36. The van der Waals surface area contributed by atoms with Gasteiger partial charge in [0.1, 0.15) is 0 Å². The van der Waals surface area contributed by atoms with Crippen molar-refractivity contribution in [1.29, 1.82) is 0 Å². The number of amides is 1. The molecule has 1 amide bonds. The molecule has 61 heavy (non-hydrogen) atoms. The Hall–Kier alpha value is -4.59. The molecule has 0 atom stereocenters. The molecule has 0 spiro atoms. The van der Waals surface area contributed by atoms with Gasteiger partial charge in [0, 0.05) is 24.6 Å². The van der Waals surface area contributed by atoms with Gasteiger partial charge in [-0.25, -0.2) is 0 Å². The van der Waals surface area contributed by atoms with E-state index in [0.717, 1.165) is 50.7 Å². The maximum Gasteiger partial charge on any atom is 0.234 e. The van der Waals surface area contributed by atoms with Crippen molar-refractivity contribution in [3.63, 3.8) is 0 Å². The second kappa shape index (κ2) is 24.8. The molecule has 0 saturated heterocycles. The first kappa shape index (κ1) is 45.9. The maximum atomic E-state index is 14.0. The summed E-state index contributed by atoms with van der Waals surface area (Å²) in [5.74, 6) is 1.72. The van der Waals surface area contributed by atoms with Crippen LogP contribution in [0.15, 0.2) is 182 Å². The summed E-state index contributed by atoms with van der Waals surface area (Å²) in [6, 6.07) is 65.2. The lowest BCUT2D eigenvalue weighted by molar-refractivity contribution is -0.122. The standard InChI is InChI=1S/C55H65N3OS2/c1-3-5-39-57(40-6-4-2)41-25-42-58(43-45-61-55(50-32-19-10-20-33-50,51-34-21-11-22-35-51)52-36-23-12-24-37-52)46-53(59)56-38-44-60-54(47-26-13-7-14-27-47,48-28-15-8-16-29-48)49-30-17-9-18-31-49/h7-24,26-37H,3-6,25,38-46H2,1-2H3,(H,56,59). The fourth-order valence-electron chi connectivity index (χ4n) is 8.41. The maximum absolute atomic E-state index is 14.0. The second-order valence-corrected chi connectivity index (χ2v) is 18.4. The van der Waals surface area contributed by atoms with E-state index in [4.69, 9.17) is 0 Å². The van der Waals surface area contributed by atoms with Crippen molar-refractivity contribution in [2.75, 3.05) is 57.3 Å². The Morgan fingerprint density at radius 2 is 0.738 bits per heavy atom. The van der Waals surface area contributed by atoms with Gasteiger partial charge >= 0.3 is 0 Å². The lowest BCUT2D eigenvalue weighted by atomic mass is 9.84. The minimum Gasteiger partial charge on any atom is -0.354 e. The molecule has 0 radical (unpaired) electrons. The van der Waals surface area contributed by atoms with Crippen LogP contribution in [0.4, 0.5) is 0 Å². The number of nitrogens with zero attached hydrogens (tertiary/aromatic N) is 2. The summed E-state index contributed by atoms with van der Waals surface area (Å²) in [6.45, 7) is 10.6. The van der Waals surface area contributed by atoms with Crippen LogP contribution in [0.5, 0.6) is 0 Å². The molecule has 0 heterocycles. The van der Waals surface area contributed by atoms with E-state index in [1.807, 2.05) is 23.5 Å². The van der Waals surface area contributed by atoms with Crippen molar-refractivity contribution < 1.29 is 4.79 Å². The molecular weight excluding hydrogens is 783 g/mol. The van der Waals surface area contributed by atoms with E-state index in [0.29, 0.717) is 13.1 Å². The number of unbranched alkanes of at least 4 members (excludes halogenated alkanes) is 2. The highest BCUT2D eigenvalue weighted by Crippen LogP contribution is 2.49. The van der Waals surface area contributed by atoms with Crippen LogP contribution < -0.4 is 5.32 Å². The van der Waals surface area contributed by atoms with Gasteiger partial charge in [0.25, 0.3) is 0 Å². The fourth-order valence-corrected chi connectivity index (χ4v) is 11.4. The Balaban J connectivity index is 1.19. The molecule has 6 aromatic carbocycles. The highest BCUT2D eigenvalue weighted by Gasteiger charge is 2.38. The predicted octanol–water partition coefficient (Wildman–Crippen LogP) is 12.1. The van der Waals surface area contributed by atoms with Crippen LogP contribution in [0.1, 0.15) is 79.3 Å². The van der Waals surface area contributed by atoms with E-state index in [2.05, 4.69) is 211 Å². The molecule has 0 bridgehead atoms. The van der Waals surface area contributed by atoms with E-state index < -0.39 is 9.49 Å². The summed E-state index contributed by atoms with van der Waals surface area (Å²) in [4.78, 5) is 19.1. The highest BCUT2D eigenvalue weighted by molar-refractivity contribution is 8.00. The predicted molar refractivity (Wildman–Crippen MR) is 264 cm³/mol. The Morgan fingerprint density at radius 3 is 1.08 bits per heavy atom. The van der Waals surface area contributed by atoms with E-state index in [1.165, 1.54) is 59.1 Å². The first-order valence-electron chi connectivity index (χ1n) is 22.4. The third-order valence-corrected chi connectivity index (χ3v) is 14.6. The smallest absolute Gasteiger partial charge is 0.234 e. The largest absolute Gasteiger partial charge is 0.354 e. The zero-order valence-electron chi connectivity index (χ0n) is 36.3. The summed E-state index contributed by atoms with van der Waals surface area (Å²) in [6.07, 6.45) is 5.91. The molecule has 0 aliphatic heterocycles.